The van der Waals surface area contributed by atoms with Gasteiger partial charge in [-0.2, -0.15) is 0 Å². The maximum Gasteiger partial charge on any atom is 0.282 e. The van der Waals surface area contributed by atoms with Gasteiger partial charge >= 0.3 is 0 Å². The van der Waals surface area contributed by atoms with Crippen molar-refractivity contribution in [2.45, 2.75) is 13.8 Å². The second-order valence-electron chi connectivity index (χ2n) is 7.15. The quantitative estimate of drug-likeness (QED) is 0.624. The molecule has 0 aliphatic carbocycles. The second kappa shape index (κ2) is 7.55. The number of nitrogens with one attached hydrogen (secondary N) is 1. The van der Waals surface area contributed by atoms with Crippen LogP contribution in [0.1, 0.15) is 16.7 Å². The van der Waals surface area contributed by atoms with Gasteiger partial charge in [0.15, 0.2) is 11.6 Å². The predicted octanol–water partition coefficient (Wildman–Crippen LogP) is 4.98. The van der Waals surface area contributed by atoms with Gasteiger partial charge in [0.05, 0.1) is 11.3 Å². The summed E-state index contributed by atoms with van der Waals surface area (Å²) in [6.45, 7) is 3.83. The summed E-state index contributed by atoms with van der Waals surface area (Å²) in [6.07, 6.45) is 0. The van der Waals surface area contributed by atoms with Gasteiger partial charge in [-0.05, 0) is 49.2 Å². The van der Waals surface area contributed by atoms with E-state index < -0.39 is 23.4 Å². The lowest BCUT2D eigenvalue weighted by molar-refractivity contribution is -0.120. The highest BCUT2D eigenvalue weighted by atomic mass is 19.2. The Hall–Kier alpha value is -3.80. The van der Waals surface area contributed by atoms with E-state index in [1.54, 1.807) is 18.2 Å². The Morgan fingerprint density at radius 3 is 2.17 bits per heavy atom. The summed E-state index contributed by atoms with van der Waals surface area (Å²) in [4.78, 5) is 27.3. The van der Waals surface area contributed by atoms with Crippen molar-refractivity contribution in [2.75, 3.05) is 10.2 Å². The molecule has 150 valence electrons. The van der Waals surface area contributed by atoms with E-state index in [9.17, 15) is 18.4 Å². The molecule has 0 atom stereocenters. The molecule has 30 heavy (non-hydrogen) atoms. The lowest BCUT2D eigenvalue weighted by atomic mass is 10.0. The number of rotatable bonds is 4. The van der Waals surface area contributed by atoms with Crippen LogP contribution in [0.25, 0.3) is 5.57 Å². The average molecular weight is 404 g/mol. The van der Waals surface area contributed by atoms with Crippen molar-refractivity contribution >= 4 is 28.8 Å². The first-order valence-electron chi connectivity index (χ1n) is 9.34. The molecule has 0 aromatic heterocycles. The molecule has 4 nitrogen and oxygen atoms in total. The molecule has 3 aromatic rings. The van der Waals surface area contributed by atoms with Gasteiger partial charge in [-0.25, -0.2) is 13.7 Å². The fraction of sp³-hybridized carbons (Fsp3) is 0.0833. The van der Waals surface area contributed by atoms with Crippen LogP contribution in [-0.4, -0.2) is 11.8 Å². The first-order chi connectivity index (χ1) is 14.3. The molecular formula is C24H18F2N2O2. The molecule has 1 aliphatic rings. The Bertz CT molecular complexity index is 1200. The minimum Gasteiger partial charge on any atom is -0.350 e. The van der Waals surface area contributed by atoms with Crippen LogP contribution >= 0.6 is 0 Å². The molecule has 2 amide bonds. The van der Waals surface area contributed by atoms with Gasteiger partial charge in [-0.1, -0.05) is 42.0 Å². The minimum atomic E-state index is -1.13. The lowest BCUT2D eigenvalue weighted by Crippen LogP contribution is -2.32. The van der Waals surface area contributed by atoms with Gasteiger partial charge in [0.25, 0.3) is 11.8 Å². The van der Waals surface area contributed by atoms with Crippen LogP contribution in [0.5, 0.6) is 0 Å². The minimum absolute atomic E-state index is 0.0328. The summed E-state index contributed by atoms with van der Waals surface area (Å²) >= 11 is 0. The third-order valence-corrected chi connectivity index (χ3v) is 4.87. The molecule has 1 N–H and O–H groups in total. The highest BCUT2D eigenvalue weighted by molar-refractivity contribution is 6.46. The molecular weight excluding hydrogens is 386 g/mol. The summed E-state index contributed by atoms with van der Waals surface area (Å²) in [5.74, 6) is -3.43. The van der Waals surface area contributed by atoms with Gasteiger partial charge < -0.3 is 5.32 Å². The maximum atomic E-state index is 13.8. The fourth-order valence-electron chi connectivity index (χ4n) is 3.36. The molecule has 1 heterocycles. The fourth-order valence-corrected chi connectivity index (χ4v) is 3.36. The molecule has 3 aromatic carbocycles. The van der Waals surface area contributed by atoms with Crippen LogP contribution in [0.15, 0.2) is 72.4 Å². The van der Waals surface area contributed by atoms with Crippen LogP contribution in [0.2, 0.25) is 0 Å². The Morgan fingerprint density at radius 1 is 0.767 bits per heavy atom. The van der Waals surface area contributed by atoms with Crippen LogP contribution in [0.4, 0.5) is 20.2 Å². The summed E-state index contributed by atoms with van der Waals surface area (Å²) in [5.41, 5.74) is 3.40. The van der Waals surface area contributed by atoms with Crippen molar-refractivity contribution in [3.63, 3.8) is 0 Å². The lowest BCUT2D eigenvalue weighted by Gasteiger charge is -2.15. The zero-order valence-electron chi connectivity index (χ0n) is 16.4. The number of imide groups is 1. The molecule has 0 saturated carbocycles. The van der Waals surface area contributed by atoms with E-state index in [1.807, 2.05) is 44.2 Å². The number of carbonyl (C=O) groups is 2. The molecule has 0 spiro atoms. The van der Waals surface area contributed by atoms with E-state index in [-0.39, 0.29) is 17.0 Å². The van der Waals surface area contributed by atoms with Crippen LogP contribution in [0.3, 0.4) is 0 Å². The molecule has 0 unspecified atom stereocenters. The van der Waals surface area contributed by atoms with E-state index in [0.717, 1.165) is 28.2 Å². The topological polar surface area (TPSA) is 49.4 Å². The van der Waals surface area contributed by atoms with Crippen molar-refractivity contribution in [1.82, 2.24) is 0 Å². The van der Waals surface area contributed by atoms with E-state index in [4.69, 9.17) is 0 Å². The van der Waals surface area contributed by atoms with Crippen molar-refractivity contribution < 1.29 is 18.4 Å². The number of hydrogen-bond acceptors (Lipinski definition) is 3. The van der Waals surface area contributed by atoms with Gasteiger partial charge in [-0.3, -0.25) is 9.59 Å². The Balaban J connectivity index is 1.83. The highest BCUT2D eigenvalue weighted by Crippen LogP contribution is 2.34. The predicted molar refractivity (Wildman–Crippen MR) is 112 cm³/mol. The standard InChI is InChI=1S/C24H18F2N2O2/c1-14-6-8-16(9-7-14)21-22(27-17-5-3-4-15(2)12-17)24(30)28(23(21)29)18-10-11-19(25)20(26)13-18/h3-13,27H,1-2H3. The molecule has 0 radical (unpaired) electrons. The number of aryl methyl sites for hydroxylation is 2. The summed E-state index contributed by atoms with van der Waals surface area (Å²) in [6, 6.07) is 17.5. The van der Waals surface area contributed by atoms with Crippen molar-refractivity contribution in [2.24, 2.45) is 0 Å². The molecule has 4 rings (SSSR count). The van der Waals surface area contributed by atoms with Crippen molar-refractivity contribution in [3.05, 3.63) is 101 Å². The van der Waals surface area contributed by atoms with Gasteiger partial charge in [0, 0.05) is 11.8 Å². The normalized spacial score (nSPS) is 13.9. The summed E-state index contributed by atoms with van der Waals surface area (Å²) in [7, 11) is 0. The van der Waals surface area contributed by atoms with Crippen LogP contribution < -0.4 is 10.2 Å². The Kier molecular flexibility index (Phi) is 4.91. The van der Waals surface area contributed by atoms with E-state index in [2.05, 4.69) is 5.32 Å². The molecule has 0 bridgehead atoms. The number of hydrogen-bond donors (Lipinski definition) is 1. The number of carbonyl (C=O) groups excluding carboxylic acids is 2. The van der Waals surface area contributed by atoms with Gasteiger partial charge in [-0.15, -0.1) is 0 Å². The molecule has 0 saturated heterocycles. The van der Waals surface area contributed by atoms with Crippen LogP contribution in [-0.2, 0) is 9.59 Å². The SMILES string of the molecule is Cc1ccc(C2=C(Nc3cccc(C)c3)C(=O)N(c3ccc(F)c(F)c3)C2=O)cc1. The molecule has 6 heteroatoms. The van der Waals surface area contributed by atoms with Crippen molar-refractivity contribution in [3.8, 4) is 0 Å². The largest absolute Gasteiger partial charge is 0.350 e. The number of anilines is 2. The number of amides is 2. The third kappa shape index (κ3) is 3.48. The number of nitrogens with zero attached hydrogens (tertiary/aromatic N) is 1. The summed E-state index contributed by atoms with van der Waals surface area (Å²) in [5, 5.41) is 3.05. The van der Waals surface area contributed by atoms with Gasteiger partial charge in [0.1, 0.15) is 5.70 Å². The monoisotopic (exact) mass is 404 g/mol. The van der Waals surface area contributed by atoms with Gasteiger partial charge in [0.2, 0.25) is 0 Å². The maximum absolute atomic E-state index is 13.8. The first-order valence-corrected chi connectivity index (χ1v) is 9.34. The average Bonchev–Trinajstić information content (AvgIpc) is 2.95. The Labute approximate surface area is 172 Å². The highest BCUT2D eigenvalue weighted by Gasteiger charge is 2.40. The van der Waals surface area contributed by atoms with E-state index >= 15 is 0 Å². The van der Waals surface area contributed by atoms with Crippen molar-refractivity contribution in [1.29, 1.82) is 0 Å². The van der Waals surface area contributed by atoms with E-state index in [0.29, 0.717) is 11.3 Å². The Morgan fingerprint density at radius 2 is 1.50 bits per heavy atom. The third-order valence-electron chi connectivity index (χ3n) is 4.87. The smallest absolute Gasteiger partial charge is 0.282 e. The first kappa shape index (κ1) is 19.5. The number of benzene rings is 3. The number of halogens is 2. The molecule has 1 aliphatic heterocycles. The zero-order chi connectivity index (χ0) is 21.4. The zero-order valence-corrected chi connectivity index (χ0v) is 16.4. The second-order valence-corrected chi connectivity index (χ2v) is 7.15. The molecule has 0 fully saturated rings. The van der Waals surface area contributed by atoms with E-state index in [1.165, 1.54) is 6.07 Å². The summed E-state index contributed by atoms with van der Waals surface area (Å²) < 4.78 is 27.2. The van der Waals surface area contributed by atoms with Crippen LogP contribution in [0, 0.1) is 25.5 Å².